The van der Waals surface area contributed by atoms with Crippen LogP contribution in [0.3, 0.4) is 0 Å². The van der Waals surface area contributed by atoms with Gasteiger partial charge in [-0.15, -0.1) is 0 Å². The molecule has 0 aliphatic carbocycles. The summed E-state index contributed by atoms with van der Waals surface area (Å²) in [5.74, 6) is 0. The Kier molecular flexibility index (Phi) is 2.16. The molecule has 1 fully saturated rings. The lowest BCUT2D eigenvalue weighted by atomic mass is 9.87. The van der Waals surface area contributed by atoms with Gasteiger partial charge in [-0.3, -0.25) is 0 Å². The predicted molar refractivity (Wildman–Crippen MR) is 40.3 cm³/mol. The molecule has 0 spiro atoms. The molecule has 0 atom stereocenters. The molecular weight excluding hydrogens is 207 g/mol. The highest BCUT2D eigenvalue weighted by molar-refractivity contribution is 7.90. The highest BCUT2D eigenvalue weighted by Gasteiger charge is 2.55. The molecule has 0 amide bonds. The SMILES string of the molecule is CC1(C)CN(S(=O)(=O)C(F)(F)F)C1. The molecule has 1 saturated heterocycles. The summed E-state index contributed by atoms with van der Waals surface area (Å²) in [6, 6.07) is 0. The molecule has 0 radical (unpaired) electrons. The van der Waals surface area contributed by atoms with Gasteiger partial charge < -0.3 is 0 Å². The number of rotatable bonds is 1. The van der Waals surface area contributed by atoms with Crippen molar-refractivity contribution < 1.29 is 21.6 Å². The third-order valence-electron chi connectivity index (χ3n) is 1.84. The lowest BCUT2D eigenvalue weighted by molar-refractivity contribution is -0.0550. The van der Waals surface area contributed by atoms with Crippen molar-refractivity contribution in [2.24, 2.45) is 5.41 Å². The van der Waals surface area contributed by atoms with Crippen LogP contribution in [0.25, 0.3) is 0 Å². The summed E-state index contributed by atoms with van der Waals surface area (Å²) in [6.07, 6.45) is 0. The molecule has 0 aromatic heterocycles. The maximum atomic E-state index is 11.9. The van der Waals surface area contributed by atoms with Crippen LogP contribution in [0.15, 0.2) is 0 Å². The first-order chi connectivity index (χ1) is 5.56. The minimum atomic E-state index is -5.16. The van der Waals surface area contributed by atoms with Crippen molar-refractivity contribution in [1.29, 1.82) is 0 Å². The number of nitrogens with zero attached hydrogens (tertiary/aromatic N) is 1. The van der Waals surface area contributed by atoms with Gasteiger partial charge in [0.05, 0.1) is 0 Å². The van der Waals surface area contributed by atoms with Crippen LogP contribution >= 0.6 is 0 Å². The highest BCUT2D eigenvalue weighted by atomic mass is 32.2. The zero-order chi connectivity index (χ0) is 10.5. The molecule has 0 N–H and O–H groups in total. The fourth-order valence-corrected chi connectivity index (χ4v) is 2.56. The number of alkyl halides is 3. The average Bonchev–Trinajstić information content (AvgIpc) is 1.79. The van der Waals surface area contributed by atoms with E-state index in [1.165, 1.54) is 0 Å². The number of halogens is 3. The van der Waals surface area contributed by atoms with Gasteiger partial charge >= 0.3 is 15.5 Å². The quantitative estimate of drug-likeness (QED) is 0.661. The largest absolute Gasteiger partial charge is 0.511 e. The molecule has 0 bridgehead atoms. The zero-order valence-corrected chi connectivity index (χ0v) is 8.04. The minimum Gasteiger partial charge on any atom is -0.203 e. The molecule has 0 saturated carbocycles. The first kappa shape index (κ1) is 10.8. The fraction of sp³-hybridized carbons (Fsp3) is 1.00. The van der Waals surface area contributed by atoms with Gasteiger partial charge in [-0.05, 0) is 5.41 Å². The van der Waals surface area contributed by atoms with Crippen molar-refractivity contribution in [3.05, 3.63) is 0 Å². The van der Waals surface area contributed by atoms with Crippen LogP contribution < -0.4 is 0 Å². The Labute approximate surface area is 74.6 Å². The third-order valence-corrected chi connectivity index (χ3v) is 3.36. The van der Waals surface area contributed by atoms with Gasteiger partial charge in [0.15, 0.2) is 0 Å². The molecule has 13 heavy (non-hydrogen) atoms. The molecule has 0 aromatic rings. The minimum absolute atomic E-state index is 0.0607. The van der Waals surface area contributed by atoms with Gasteiger partial charge in [-0.25, -0.2) is 8.42 Å². The summed E-state index contributed by atoms with van der Waals surface area (Å²) in [6.45, 7) is 3.31. The summed E-state index contributed by atoms with van der Waals surface area (Å²) in [7, 11) is -5.08. The summed E-state index contributed by atoms with van der Waals surface area (Å²) in [4.78, 5) is 0. The Morgan fingerprint density at radius 1 is 1.23 bits per heavy atom. The van der Waals surface area contributed by atoms with Crippen molar-refractivity contribution in [3.8, 4) is 0 Å². The molecule has 1 heterocycles. The molecule has 3 nitrogen and oxygen atoms in total. The Bertz CT molecular complexity index is 298. The van der Waals surface area contributed by atoms with Crippen LogP contribution in [-0.2, 0) is 10.0 Å². The van der Waals surface area contributed by atoms with E-state index in [9.17, 15) is 21.6 Å². The van der Waals surface area contributed by atoms with Crippen molar-refractivity contribution in [2.75, 3.05) is 13.1 Å². The van der Waals surface area contributed by atoms with Crippen LogP contribution in [0, 0.1) is 5.41 Å². The van der Waals surface area contributed by atoms with Gasteiger partial charge in [0.25, 0.3) is 0 Å². The van der Waals surface area contributed by atoms with Crippen LogP contribution in [0.1, 0.15) is 13.8 Å². The number of hydrogen-bond donors (Lipinski definition) is 0. The first-order valence-electron chi connectivity index (χ1n) is 3.63. The van der Waals surface area contributed by atoms with Crippen molar-refractivity contribution in [3.63, 3.8) is 0 Å². The van der Waals surface area contributed by atoms with E-state index in [2.05, 4.69) is 0 Å². The van der Waals surface area contributed by atoms with Crippen LogP contribution in [0.2, 0.25) is 0 Å². The summed E-state index contributed by atoms with van der Waals surface area (Å²) in [5.41, 5.74) is -5.50. The molecule has 7 heteroatoms. The second-order valence-electron chi connectivity index (χ2n) is 3.88. The van der Waals surface area contributed by atoms with E-state index in [4.69, 9.17) is 0 Å². The molecular formula is C6H10F3NO2S. The topological polar surface area (TPSA) is 37.4 Å². The summed E-state index contributed by atoms with van der Waals surface area (Å²) < 4.78 is 57.7. The second kappa shape index (κ2) is 2.60. The van der Waals surface area contributed by atoms with Crippen molar-refractivity contribution in [1.82, 2.24) is 4.31 Å². The van der Waals surface area contributed by atoms with E-state index >= 15 is 0 Å². The van der Waals surface area contributed by atoms with Gasteiger partial charge in [-0.1, -0.05) is 13.8 Å². The standard InChI is InChI=1S/C6H10F3NO2S/c1-5(2)3-10(4-5)13(11,12)6(7,8)9/h3-4H2,1-2H3. The summed E-state index contributed by atoms with van der Waals surface area (Å²) >= 11 is 0. The Balaban J connectivity index is 2.77. The first-order valence-corrected chi connectivity index (χ1v) is 5.07. The Morgan fingerprint density at radius 3 is 1.85 bits per heavy atom. The Hall–Kier alpha value is -0.300. The summed E-state index contributed by atoms with van der Waals surface area (Å²) in [5, 5.41) is 0. The molecule has 1 aliphatic heterocycles. The fourth-order valence-electron chi connectivity index (χ4n) is 1.22. The van der Waals surface area contributed by atoms with E-state index in [1.807, 2.05) is 0 Å². The third kappa shape index (κ3) is 1.80. The van der Waals surface area contributed by atoms with E-state index in [1.54, 1.807) is 13.8 Å². The van der Waals surface area contributed by atoms with Gasteiger partial charge in [0.1, 0.15) is 0 Å². The molecule has 0 aromatic carbocycles. The van der Waals surface area contributed by atoms with E-state index in [0.29, 0.717) is 4.31 Å². The Morgan fingerprint density at radius 2 is 1.62 bits per heavy atom. The second-order valence-corrected chi connectivity index (χ2v) is 5.81. The van der Waals surface area contributed by atoms with Crippen LogP contribution in [0.5, 0.6) is 0 Å². The normalized spacial score (nSPS) is 24.1. The maximum absolute atomic E-state index is 11.9. The zero-order valence-electron chi connectivity index (χ0n) is 7.22. The van der Waals surface area contributed by atoms with Crippen molar-refractivity contribution >= 4 is 10.0 Å². The molecule has 1 rings (SSSR count). The molecule has 78 valence electrons. The monoisotopic (exact) mass is 217 g/mol. The highest BCUT2D eigenvalue weighted by Crippen LogP contribution is 2.37. The maximum Gasteiger partial charge on any atom is 0.511 e. The lowest BCUT2D eigenvalue weighted by Gasteiger charge is -2.44. The van der Waals surface area contributed by atoms with Crippen LogP contribution in [0.4, 0.5) is 13.2 Å². The predicted octanol–water partition coefficient (Wildman–Crippen LogP) is 1.18. The average molecular weight is 217 g/mol. The van der Waals surface area contributed by atoms with Gasteiger partial charge in [0.2, 0.25) is 0 Å². The van der Waals surface area contributed by atoms with Gasteiger partial charge in [-0.2, -0.15) is 17.5 Å². The molecule has 0 unspecified atom stereocenters. The van der Waals surface area contributed by atoms with E-state index < -0.39 is 15.5 Å². The molecule has 1 aliphatic rings. The number of sulfonamides is 1. The van der Waals surface area contributed by atoms with Crippen molar-refractivity contribution in [2.45, 2.75) is 19.4 Å². The number of hydrogen-bond acceptors (Lipinski definition) is 2. The van der Waals surface area contributed by atoms with Crippen LogP contribution in [-0.4, -0.2) is 31.3 Å². The van der Waals surface area contributed by atoms with E-state index in [0.717, 1.165) is 0 Å². The van der Waals surface area contributed by atoms with E-state index in [-0.39, 0.29) is 18.5 Å². The van der Waals surface area contributed by atoms with Gasteiger partial charge in [0, 0.05) is 13.1 Å². The smallest absolute Gasteiger partial charge is 0.203 e. The lowest BCUT2D eigenvalue weighted by Crippen LogP contribution is -2.58.